The molecule has 0 bridgehead atoms. The van der Waals surface area contributed by atoms with Gasteiger partial charge in [-0.3, -0.25) is 9.59 Å². The lowest BCUT2D eigenvalue weighted by Crippen LogP contribution is -2.48. The van der Waals surface area contributed by atoms with Crippen molar-refractivity contribution in [2.75, 3.05) is 10.6 Å². The second kappa shape index (κ2) is 5.63. The summed E-state index contributed by atoms with van der Waals surface area (Å²) in [6.45, 7) is 3.36. The van der Waals surface area contributed by atoms with Gasteiger partial charge in [0.25, 0.3) is 0 Å². The number of hydrogen-bond donors (Lipinski definition) is 3. The molecule has 20 heavy (non-hydrogen) atoms. The molecule has 1 fully saturated rings. The minimum atomic E-state index is -0.324. The number of carbonyl (C=O) groups is 2. The summed E-state index contributed by atoms with van der Waals surface area (Å²) in [5.74, 6) is -0.211. The van der Waals surface area contributed by atoms with Gasteiger partial charge in [-0.05, 0) is 43.9 Å². The van der Waals surface area contributed by atoms with Gasteiger partial charge >= 0.3 is 0 Å². The fraction of sp³-hybridized carbons (Fsp3) is 0.467. The average Bonchev–Trinajstić information content (AvgIpc) is 2.30. The van der Waals surface area contributed by atoms with Crippen molar-refractivity contribution in [1.82, 2.24) is 0 Å². The highest BCUT2D eigenvalue weighted by Gasteiger charge is 2.34. The van der Waals surface area contributed by atoms with E-state index in [1.165, 1.54) is 6.92 Å². The van der Waals surface area contributed by atoms with E-state index in [-0.39, 0.29) is 17.4 Å². The van der Waals surface area contributed by atoms with Gasteiger partial charge in [0.05, 0.1) is 0 Å². The molecule has 0 aliphatic heterocycles. The summed E-state index contributed by atoms with van der Waals surface area (Å²) in [7, 11) is 0. The van der Waals surface area contributed by atoms with Gasteiger partial charge in [0.15, 0.2) is 0 Å². The van der Waals surface area contributed by atoms with Crippen LogP contribution in [0.15, 0.2) is 18.2 Å². The summed E-state index contributed by atoms with van der Waals surface area (Å²) < 4.78 is 0. The van der Waals surface area contributed by atoms with E-state index < -0.39 is 0 Å². The van der Waals surface area contributed by atoms with Crippen molar-refractivity contribution in [3.8, 4) is 0 Å². The Balaban J connectivity index is 2.01. The largest absolute Gasteiger partial charge is 0.326 e. The molecule has 0 saturated heterocycles. The van der Waals surface area contributed by atoms with Gasteiger partial charge < -0.3 is 16.4 Å². The van der Waals surface area contributed by atoms with Crippen molar-refractivity contribution in [3.05, 3.63) is 23.8 Å². The maximum atomic E-state index is 12.0. The highest BCUT2D eigenvalue weighted by Crippen LogP contribution is 2.32. The zero-order valence-corrected chi connectivity index (χ0v) is 12.0. The number of aryl methyl sites for hydroxylation is 1. The molecule has 0 aromatic heterocycles. The molecule has 5 nitrogen and oxygen atoms in total. The number of nitrogens with two attached hydrogens (primary N) is 1. The predicted octanol–water partition coefficient (Wildman–Crippen LogP) is 2.16. The van der Waals surface area contributed by atoms with Crippen LogP contribution < -0.4 is 16.4 Å². The number of nitrogens with one attached hydrogen (secondary N) is 2. The Morgan fingerprint density at radius 3 is 2.55 bits per heavy atom. The average molecular weight is 275 g/mol. The lowest BCUT2D eigenvalue weighted by atomic mass is 9.75. The molecule has 2 amide bonds. The van der Waals surface area contributed by atoms with Crippen molar-refractivity contribution < 1.29 is 9.59 Å². The molecule has 0 heterocycles. The quantitative estimate of drug-likeness (QED) is 0.787. The molecular weight excluding hydrogens is 254 g/mol. The van der Waals surface area contributed by atoms with Crippen molar-refractivity contribution in [3.63, 3.8) is 0 Å². The monoisotopic (exact) mass is 275 g/mol. The Labute approximate surface area is 118 Å². The van der Waals surface area contributed by atoms with Crippen LogP contribution in [0.2, 0.25) is 0 Å². The molecule has 108 valence electrons. The van der Waals surface area contributed by atoms with Crippen molar-refractivity contribution in [2.45, 2.75) is 45.1 Å². The first-order valence-electron chi connectivity index (χ1n) is 6.85. The molecular formula is C15H21N3O2. The fourth-order valence-corrected chi connectivity index (χ4v) is 2.36. The SMILES string of the molecule is CC(=O)Nc1cc(NC(=O)CC2(N)CCC2)ccc1C. The van der Waals surface area contributed by atoms with Gasteiger partial charge in [0, 0.05) is 30.3 Å². The summed E-state index contributed by atoms with van der Waals surface area (Å²) in [6.07, 6.45) is 3.26. The highest BCUT2D eigenvalue weighted by molar-refractivity contribution is 5.94. The molecule has 2 rings (SSSR count). The van der Waals surface area contributed by atoms with Gasteiger partial charge in [-0.15, -0.1) is 0 Å². The van der Waals surface area contributed by atoms with Gasteiger partial charge in [-0.2, -0.15) is 0 Å². The Kier molecular flexibility index (Phi) is 4.09. The summed E-state index contributed by atoms with van der Waals surface area (Å²) in [4.78, 5) is 23.1. The second-order valence-corrected chi connectivity index (χ2v) is 5.65. The Morgan fingerprint density at radius 2 is 2.00 bits per heavy atom. The lowest BCUT2D eigenvalue weighted by Gasteiger charge is -2.37. The van der Waals surface area contributed by atoms with E-state index in [2.05, 4.69) is 10.6 Å². The van der Waals surface area contributed by atoms with Crippen LogP contribution in [0.3, 0.4) is 0 Å². The molecule has 1 saturated carbocycles. The van der Waals surface area contributed by atoms with E-state index in [9.17, 15) is 9.59 Å². The fourth-order valence-electron chi connectivity index (χ4n) is 2.36. The zero-order valence-electron chi connectivity index (χ0n) is 12.0. The molecule has 1 aromatic carbocycles. The van der Waals surface area contributed by atoms with Gasteiger partial charge in [0.1, 0.15) is 0 Å². The van der Waals surface area contributed by atoms with Crippen molar-refractivity contribution >= 4 is 23.2 Å². The van der Waals surface area contributed by atoms with Gasteiger partial charge in [-0.25, -0.2) is 0 Å². The molecule has 0 unspecified atom stereocenters. The van der Waals surface area contributed by atoms with Crippen molar-refractivity contribution in [2.24, 2.45) is 5.73 Å². The minimum Gasteiger partial charge on any atom is -0.326 e. The number of hydrogen-bond acceptors (Lipinski definition) is 3. The third-order valence-corrected chi connectivity index (χ3v) is 3.69. The molecule has 0 radical (unpaired) electrons. The summed E-state index contributed by atoms with van der Waals surface area (Å²) in [5.41, 5.74) is 8.07. The normalized spacial score (nSPS) is 16.1. The number of carbonyl (C=O) groups excluding carboxylic acids is 2. The van der Waals surface area contributed by atoms with Crippen LogP contribution in [-0.2, 0) is 9.59 Å². The van der Waals surface area contributed by atoms with E-state index in [1.807, 2.05) is 19.1 Å². The van der Waals surface area contributed by atoms with Crippen LogP contribution >= 0.6 is 0 Å². The second-order valence-electron chi connectivity index (χ2n) is 5.65. The number of anilines is 2. The van der Waals surface area contributed by atoms with Gasteiger partial charge in [-0.1, -0.05) is 6.07 Å². The molecule has 1 aromatic rings. The molecule has 5 heteroatoms. The predicted molar refractivity (Wildman–Crippen MR) is 79.5 cm³/mol. The summed E-state index contributed by atoms with van der Waals surface area (Å²) in [5, 5.41) is 5.58. The molecule has 0 atom stereocenters. The molecule has 4 N–H and O–H groups in total. The molecule has 1 aliphatic carbocycles. The first kappa shape index (κ1) is 14.5. The van der Waals surface area contributed by atoms with E-state index in [1.54, 1.807) is 6.07 Å². The Bertz CT molecular complexity index is 536. The number of benzene rings is 1. The third kappa shape index (κ3) is 3.57. The standard InChI is InChI=1S/C15H21N3O2/c1-10-4-5-12(8-13(10)17-11(2)19)18-14(20)9-15(16)6-3-7-15/h4-5,8H,3,6-7,9,16H2,1-2H3,(H,17,19)(H,18,20). The first-order valence-corrected chi connectivity index (χ1v) is 6.85. The van der Waals surface area contributed by atoms with E-state index in [4.69, 9.17) is 5.73 Å². The van der Waals surface area contributed by atoms with Crippen molar-refractivity contribution in [1.29, 1.82) is 0 Å². The van der Waals surface area contributed by atoms with Crippen LogP contribution in [0, 0.1) is 6.92 Å². The smallest absolute Gasteiger partial charge is 0.226 e. The molecule has 0 spiro atoms. The third-order valence-electron chi connectivity index (χ3n) is 3.69. The van der Waals surface area contributed by atoms with Crippen LogP contribution in [0.25, 0.3) is 0 Å². The highest BCUT2D eigenvalue weighted by atomic mass is 16.2. The maximum Gasteiger partial charge on any atom is 0.226 e. The van der Waals surface area contributed by atoms with Gasteiger partial charge in [0.2, 0.25) is 11.8 Å². The molecule has 1 aliphatic rings. The van der Waals surface area contributed by atoms with Crippen LogP contribution in [0.4, 0.5) is 11.4 Å². The van der Waals surface area contributed by atoms with Crippen LogP contribution in [0.1, 0.15) is 38.2 Å². The van der Waals surface area contributed by atoms with E-state index in [0.29, 0.717) is 17.8 Å². The Morgan fingerprint density at radius 1 is 1.30 bits per heavy atom. The minimum absolute atomic E-state index is 0.0789. The summed E-state index contributed by atoms with van der Waals surface area (Å²) >= 11 is 0. The lowest BCUT2D eigenvalue weighted by molar-refractivity contribution is -0.118. The van der Waals surface area contributed by atoms with E-state index >= 15 is 0 Å². The zero-order chi connectivity index (χ0) is 14.8. The number of amides is 2. The van der Waals surface area contributed by atoms with Crippen LogP contribution in [0.5, 0.6) is 0 Å². The topological polar surface area (TPSA) is 84.2 Å². The van der Waals surface area contributed by atoms with Crippen LogP contribution in [-0.4, -0.2) is 17.4 Å². The Hall–Kier alpha value is -1.88. The first-order chi connectivity index (χ1) is 9.38. The summed E-state index contributed by atoms with van der Waals surface area (Å²) in [6, 6.07) is 5.45. The number of rotatable bonds is 4. The van der Waals surface area contributed by atoms with E-state index in [0.717, 1.165) is 24.8 Å². The maximum absolute atomic E-state index is 12.0.